The fraction of sp³-hybridized carbons (Fsp3) is 0.296. The number of anilines is 1. The quantitative estimate of drug-likeness (QED) is 0.148. The Morgan fingerprint density at radius 3 is 2.67 bits per heavy atom. The first-order valence-electron chi connectivity index (χ1n) is 12.3. The average molecular weight is 534 g/mol. The molecule has 0 spiro atoms. The van der Waals surface area contributed by atoms with Gasteiger partial charge in [-0.1, -0.05) is 18.2 Å². The van der Waals surface area contributed by atoms with Crippen LogP contribution in [0.15, 0.2) is 52.8 Å². The van der Waals surface area contributed by atoms with Crippen LogP contribution in [0.3, 0.4) is 0 Å². The summed E-state index contributed by atoms with van der Waals surface area (Å²) in [6, 6.07) is 10.2. The van der Waals surface area contributed by atoms with Crippen LogP contribution in [0, 0.1) is 0 Å². The fourth-order valence-corrected chi connectivity index (χ4v) is 8.18. The highest BCUT2D eigenvalue weighted by Crippen LogP contribution is 2.39. The van der Waals surface area contributed by atoms with Crippen molar-refractivity contribution in [3.05, 3.63) is 74.7 Å². The van der Waals surface area contributed by atoms with Gasteiger partial charge in [-0.2, -0.15) is 0 Å². The van der Waals surface area contributed by atoms with Gasteiger partial charge >= 0.3 is 0 Å². The molecule has 0 unspecified atom stereocenters. The predicted molar refractivity (Wildman–Crippen MR) is 148 cm³/mol. The van der Waals surface area contributed by atoms with Gasteiger partial charge in [0, 0.05) is 50.6 Å². The molecule has 3 aromatic heterocycles. The Morgan fingerprint density at radius 1 is 1.00 bits per heavy atom. The standard InChI is InChI=1S/C27H27N5OS3/c33-16-22-19-8-4-5-9-23(19)36-26(22)32-31-14-21-20-10-11-28-15-24(20)35-25(21)17-12-29-27(30-13-17)34-18-6-2-1-3-7-18/h1-3,6-7,12-13,16,28,31-32H,4-5,8-11,14-15H2. The lowest BCUT2D eigenvalue weighted by Crippen LogP contribution is -2.25. The molecule has 6 rings (SSSR count). The zero-order valence-corrected chi connectivity index (χ0v) is 22.3. The van der Waals surface area contributed by atoms with E-state index in [-0.39, 0.29) is 0 Å². The molecule has 0 bridgehead atoms. The molecule has 1 aromatic carbocycles. The van der Waals surface area contributed by atoms with Crippen molar-refractivity contribution in [1.82, 2.24) is 20.7 Å². The molecule has 0 atom stereocenters. The first kappa shape index (κ1) is 23.8. The third-order valence-electron chi connectivity index (χ3n) is 6.68. The van der Waals surface area contributed by atoms with E-state index >= 15 is 0 Å². The highest BCUT2D eigenvalue weighted by Gasteiger charge is 2.23. The highest BCUT2D eigenvalue weighted by molar-refractivity contribution is 7.99. The number of aromatic nitrogens is 2. The number of carbonyl (C=O) groups is 1. The first-order chi connectivity index (χ1) is 17.8. The summed E-state index contributed by atoms with van der Waals surface area (Å²) >= 11 is 5.12. The zero-order valence-electron chi connectivity index (χ0n) is 19.8. The normalized spacial score (nSPS) is 14.8. The van der Waals surface area contributed by atoms with Crippen LogP contribution in [0.4, 0.5) is 5.00 Å². The number of benzene rings is 1. The number of thiophene rings is 2. The zero-order chi connectivity index (χ0) is 24.3. The lowest BCUT2D eigenvalue weighted by molar-refractivity contribution is 0.112. The molecule has 0 saturated carbocycles. The van der Waals surface area contributed by atoms with Crippen molar-refractivity contribution in [1.29, 1.82) is 0 Å². The maximum absolute atomic E-state index is 11.8. The number of carbonyl (C=O) groups excluding carboxylic acids is 1. The Balaban J connectivity index is 1.22. The van der Waals surface area contributed by atoms with E-state index in [1.165, 1.54) is 44.2 Å². The van der Waals surface area contributed by atoms with Gasteiger partial charge in [-0.05, 0) is 79.2 Å². The smallest absolute Gasteiger partial charge is 0.192 e. The Bertz CT molecular complexity index is 1360. The molecule has 4 heterocycles. The van der Waals surface area contributed by atoms with Gasteiger partial charge in [0.2, 0.25) is 0 Å². The summed E-state index contributed by atoms with van der Waals surface area (Å²) in [6.07, 6.45) is 10.4. The van der Waals surface area contributed by atoms with Crippen LogP contribution in [0.2, 0.25) is 0 Å². The fourth-order valence-electron chi connectivity index (χ4n) is 4.92. The first-order valence-corrected chi connectivity index (χ1v) is 14.7. The van der Waals surface area contributed by atoms with E-state index in [2.05, 4.69) is 38.3 Å². The molecule has 4 aromatic rings. The van der Waals surface area contributed by atoms with E-state index in [0.717, 1.165) is 64.8 Å². The maximum atomic E-state index is 11.8. The van der Waals surface area contributed by atoms with E-state index in [9.17, 15) is 4.79 Å². The van der Waals surface area contributed by atoms with Gasteiger partial charge in [0.25, 0.3) is 0 Å². The number of fused-ring (bicyclic) bond motifs is 2. The van der Waals surface area contributed by atoms with Gasteiger partial charge in [-0.15, -0.1) is 22.7 Å². The Kier molecular flexibility index (Phi) is 7.16. The second kappa shape index (κ2) is 10.8. The Morgan fingerprint density at radius 2 is 1.83 bits per heavy atom. The number of hydrogen-bond acceptors (Lipinski definition) is 9. The van der Waals surface area contributed by atoms with Crippen molar-refractivity contribution >= 4 is 45.7 Å². The number of nitrogens with zero attached hydrogens (tertiary/aromatic N) is 2. The molecule has 36 heavy (non-hydrogen) atoms. The predicted octanol–water partition coefficient (Wildman–Crippen LogP) is 5.87. The van der Waals surface area contributed by atoms with Gasteiger partial charge in [0.15, 0.2) is 11.4 Å². The van der Waals surface area contributed by atoms with Crippen LogP contribution in [0.1, 0.15) is 49.6 Å². The average Bonchev–Trinajstić information content (AvgIpc) is 3.48. The summed E-state index contributed by atoms with van der Waals surface area (Å²) in [6.45, 7) is 2.55. The molecule has 0 radical (unpaired) electrons. The van der Waals surface area contributed by atoms with Crippen molar-refractivity contribution in [2.75, 3.05) is 12.0 Å². The van der Waals surface area contributed by atoms with Crippen LogP contribution in [-0.2, 0) is 32.4 Å². The summed E-state index contributed by atoms with van der Waals surface area (Å²) in [5.41, 5.74) is 12.7. The monoisotopic (exact) mass is 533 g/mol. The molecule has 1 aliphatic heterocycles. The van der Waals surface area contributed by atoms with Crippen LogP contribution in [-0.4, -0.2) is 22.8 Å². The van der Waals surface area contributed by atoms with Crippen LogP contribution < -0.4 is 16.2 Å². The molecule has 3 N–H and O–H groups in total. The number of aryl methyl sites for hydroxylation is 1. The summed E-state index contributed by atoms with van der Waals surface area (Å²) in [7, 11) is 0. The number of hydrogen-bond donors (Lipinski definition) is 3. The molecular weight excluding hydrogens is 507 g/mol. The Hall–Kier alpha value is -2.56. The SMILES string of the molecule is O=Cc1c(NNCc2c(-c3cnc(Sc4ccccc4)nc3)sc3c2CCNC3)sc2c1CCCC2. The molecule has 0 saturated heterocycles. The lowest BCUT2D eigenvalue weighted by atomic mass is 9.96. The summed E-state index contributed by atoms with van der Waals surface area (Å²) in [5, 5.41) is 5.18. The number of rotatable bonds is 8. The number of nitrogens with one attached hydrogen (secondary N) is 3. The molecule has 2 aliphatic rings. The molecule has 6 nitrogen and oxygen atoms in total. The summed E-state index contributed by atoms with van der Waals surface area (Å²) in [4.78, 5) is 26.2. The molecule has 0 amide bonds. The van der Waals surface area contributed by atoms with E-state index in [0.29, 0.717) is 6.54 Å². The van der Waals surface area contributed by atoms with Gasteiger partial charge in [-0.25, -0.2) is 15.4 Å². The van der Waals surface area contributed by atoms with Crippen molar-refractivity contribution in [2.45, 2.75) is 55.2 Å². The minimum absolute atomic E-state index is 0.669. The highest BCUT2D eigenvalue weighted by atomic mass is 32.2. The van der Waals surface area contributed by atoms with Crippen LogP contribution in [0.25, 0.3) is 10.4 Å². The Labute approximate surface area is 222 Å². The van der Waals surface area contributed by atoms with Crippen molar-refractivity contribution < 1.29 is 4.79 Å². The largest absolute Gasteiger partial charge is 0.312 e. The summed E-state index contributed by atoms with van der Waals surface area (Å²) < 4.78 is 0. The van der Waals surface area contributed by atoms with Crippen LogP contribution >= 0.6 is 34.4 Å². The second-order valence-corrected chi connectivity index (χ2v) is 12.2. The maximum Gasteiger partial charge on any atom is 0.192 e. The minimum atomic E-state index is 0.669. The van der Waals surface area contributed by atoms with E-state index < -0.39 is 0 Å². The molecule has 1 aliphatic carbocycles. The molecular formula is C27H27N5OS3. The third kappa shape index (κ3) is 4.86. The van der Waals surface area contributed by atoms with Crippen LogP contribution in [0.5, 0.6) is 0 Å². The number of hydrazine groups is 1. The minimum Gasteiger partial charge on any atom is -0.312 e. The van der Waals surface area contributed by atoms with E-state index in [1.54, 1.807) is 23.1 Å². The van der Waals surface area contributed by atoms with E-state index in [4.69, 9.17) is 0 Å². The van der Waals surface area contributed by atoms with Gasteiger partial charge in [0.05, 0.1) is 5.56 Å². The van der Waals surface area contributed by atoms with Gasteiger partial charge in [0.1, 0.15) is 5.00 Å². The van der Waals surface area contributed by atoms with Crippen molar-refractivity contribution in [2.24, 2.45) is 0 Å². The lowest BCUT2D eigenvalue weighted by Gasteiger charge is -2.15. The number of aldehydes is 1. The molecule has 9 heteroatoms. The molecule has 184 valence electrons. The molecule has 0 fully saturated rings. The summed E-state index contributed by atoms with van der Waals surface area (Å²) in [5.74, 6) is 0. The van der Waals surface area contributed by atoms with Gasteiger partial charge in [-0.3, -0.25) is 4.79 Å². The van der Waals surface area contributed by atoms with Crippen molar-refractivity contribution in [3.63, 3.8) is 0 Å². The van der Waals surface area contributed by atoms with E-state index in [1.807, 2.05) is 41.9 Å². The topological polar surface area (TPSA) is 78.9 Å². The van der Waals surface area contributed by atoms with Gasteiger partial charge < -0.3 is 10.7 Å². The third-order valence-corrected chi connectivity index (χ3v) is 10.1. The second-order valence-electron chi connectivity index (χ2n) is 8.96. The van der Waals surface area contributed by atoms with Crippen molar-refractivity contribution in [3.8, 4) is 10.4 Å².